The fourth-order valence-electron chi connectivity index (χ4n) is 1.83. The Hall–Kier alpha value is -0.840. The summed E-state index contributed by atoms with van der Waals surface area (Å²) in [7, 11) is 0. The van der Waals surface area contributed by atoms with Crippen molar-refractivity contribution in [2.75, 3.05) is 0 Å². The Morgan fingerprint density at radius 2 is 2.29 bits per heavy atom. The fourth-order valence-corrected chi connectivity index (χ4v) is 2.95. The molecule has 0 radical (unpaired) electrons. The van der Waals surface area contributed by atoms with Gasteiger partial charge in [0.05, 0.1) is 16.9 Å². The Balaban J connectivity index is 2.39. The van der Waals surface area contributed by atoms with Gasteiger partial charge in [-0.05, 0) is 29.7 Å². The maximum atomic E-state index is 10.4. The van der Waals surface area contributed by atoms with Crippen LogP contribution in [-0.2, 0) is 6.54 Å². The lowest BCUT2D eigenvalue weighted by atomic mass is 10.1. The molecule has 0 fully saturated rings. The highest BCUT2D eigenvalue weighted by atomic mass is 35.5. The summed E-state index contributed by atoms with van der Waals surface area (Å²) in [6.07, 6.45) is 1.86. The smallest absolute Gasteiger partial charge is 0.123 e. The van der Waals surface area contributed by atoms with Crippen molar-refractivity contribution in [1.29, 1.82) is 0 Å². The SMILES string of the molecule is CCCn1ncc(Cl)c1C(O)c1cscc1C. The first kappa shape index (κ1) is 12.6. The second kappa shape index (κ2) is 5.21. The minimum atomic E-state index is -0.692. The maximum Gasteiger partial charge on any atom is 0.123 e. The van der Waals surface area contributed by atoms with Gasteiger partial charge in [-0.1, -0.05) is 18.5 Å². The van der Waals surface area contributed by atoms with Gasteiger partial charge in [-0.15, -0.1) is 0 Å². The molecule has 1 unspecified atom stereocenters. The second-order valence-electron chi connectivity index (χ2n) is 4.01. The lowest BCUT2D eigenvalue weighted by molar-refractivity contribution is 0.207. The number of hydrogen-bond donors (Lipinski definition) is 1. The van der Waals surface area contributed by atoms with E-state index in [-0.39, 0.29) is 0 Å². The molecule has 0 bridgehead atoms. The van der Waals surface area contributed by atoms with Crippen molar-refractivity contribution in [3.63, 3.8) is 0 Å². The average molecular weight is 271 g/mol. The van der Waals surface area contributed by atoms with Gasteiger partial charge < -0.3 is 5.11 Å². The van der Waals surface area contributed by atoms with Gasteiger partial charge in [0.15, 0.2) is 0 Å². The van der Waals surface area contributed by atoms with Crippen LogP contribution in [0.2, 0.25) is 5.02 Å². The zero-order valence-corrected chi connectivity index (χ0v) is 11.4. The average Bonchev–Trinajstić information content (AvgIpc) is 2.86. The van der Waals surface area contributed by atoms with Crippen LogP contribution >= 0.6 is 22.9 Å². The summed E-state index contributed by atoms with van der Waals surface area (Å²) in [5, 5.41) is 19.1. The Kier molecular flexibility index (Phi) is 3.86. The molecular weight excluding hydrogens is 256 g/mol. The zero-order chi connectivity index (χ0) is 12.4. The van der Waals surface area contributed by atoms with E-state index in [4.69, 9.17) is 11.6 Å². The first-order chi connectivity index (χ1) is 8.15. The topological polar surface area (TPSA) is 38.0 Å². The Bertz CT molecular complexity index is 506. The largest absolute Gasteiger partial charge is 0.382 e. The van der Waals surface area contributed by atoms with E-state index in [2.05, 4.69) is 12.0 Å². The maximum absolute atomic E-state index is 10.4. The monoisotopic (exact) mass is 270 g/mol. The van der Waals surface area contributed by atoms with Crippen molar-refractivity contribution in [3.8, 4) is 0 Å². The summed E-state index contributed by atoms with van der Waals surface area (Å²) in [5.74, 6) is 0. The van der Waals surface area contributed by atoms with Gasteiger partial charge in [0.2, 0.25) is 0 Å². The van der Waals surface area contributed by atoms with E-state index in [0.29, 0.717) is 10.7 Å². The summed E-state index contributed by atoms with van der Waals surface area (Å²) in [6, 6.07) is 0. The summed E-state index contributed by atoms with van der Waals surface area (Å²) >= 11 is 7.69. The molecule has 1 N–H and O–H groups in total. The van der Waals surface area contributed by atoms with Gasteiger partial charge >= 0.3 is 0 Å². The van der Waals surface area contributed by atoms with Crippen molar-refractivity contribution < 1.29 is 5.11 Å². The predicted octanol–water partition coefficient (Wildman–Crippen LogP) is 3.40. The highest BCUT2D eigenvalue weighted by molar-refractivity contribution is 7.08. The number of thiophene rings is 1. The first-order valence-corrected chi connectivity index (χ1v) is 6.89. The molecule has 0 aromatic carbocycles. The van der Waals surface area contributed by atoms with E-state index in [0.717, 1.165) is 24.1 Å². The predicted molar refractivity (Wildman–Crippen MR) is 70.6 cm³/mol. The number of aryl methyl sites for hydroxylation is 2. The normalized spacial score (nSPS) is 12.9. The van der Waals surface area contributed by atoms with Crippen LogP contribution in [0.1, 0.15) is 36.3 Å². The first-order valence-electron chi connectivity index (χ1n) is 5.57. The Morgan fingerprint density at radius 3 is 2.88 bits per heavy atom. The van der Waals surface area contributed by atoms with Gasteiger partial charge in [0.1, 0.15) is 6.10 Å². The number of aromatic nitrogens is 2. The van der Waals surface area contributed by atoms with E-state index in [1.807, 2.05) is 17.7 Å². The van der Waals surface area contributed by atoms with Gasteiger partial charge in [0, 0.05) is 12.1 Å². The van der Waals surface area contributed by atoms with E-state index in [9.17, 15) is 5.11 Å². The molecule has 17 heavy (non-hydrogen) atoms. The fraction of sp³-hybridized carbons (Fsp3) is 0.417. The molecule has 0 aliphatic rings. The van der Waals surface area contributed by atoms with Crippen molar-refractivity contribution >= 4 is 22.9 Å². The molecule has 92 valence electrons. The lowest BCUT2D eigenvalue weighted by Crippen LogP contribution is -2.10. The van der Waals surface area contributed by atoms with E-state index >= 15 is 0 Å². The van der Waals surface area contributed by atoms with Crippen molar-refractivity contribution in [2.45, 2.75) is 32.9 Å². The molecule has 1 atom stereocenters. The Labute approximate surface area is 110 Å². The molecule has 0 aliphatic heterocycles. The van der Waals surface area contributed by atoms with Crippen molar-refractivity contribution in [3.05, 3.63) is 38.8 Å². The molecule has 2 heterocycles. The number of nitrogens with zero attached hydrogens (tertiary/aromatic N) is 2. The van der Waals surface area contributed by atoms with Crippen LogP contribution < -0.4 is 0 Å². The van der Waals surface area contributed by atoms with Gasteiger partial charge in [-0.3, -0.25) is 4.68 Å². The highest BCUT2D eigenvalue weighted by Gasteiger charge is 2.21. The van der Waals surface area contributed by atoms with Crippen LogP contribution in [0.5, 0.6) is 0 Å². The number of rotatable bonds is 4. The molecular formula is C12H15ClN2OS. The third-order valence-corrected chi connectivity index (χ3v) is 3.89. The molecule has 0 aliphatic carbocycles. The summed E-state index contributed by atoms with van der Waals surface area (Å²) in [5.41, 5.74) is 2.69. The molecule has 0 saturated heterocycles. The number of aliphatic hydroxyl groups is 1. The van der Waals surface area contributed by atoms with Crippen LogP contribution in [0.15, 0.2) is 17.0 Å². The van der Waals surface area contributed by atoms with Crippen LogP contribution in [0.4, 0.5) is 0 Å². The quantitative estimate of drug-likeness (QED) is 0.925. The number of hydrogen-bond acceptors (Lipinski definition) is 3. The van der Waals surface area contributed by atoms with Crippen molar-refractivity contribution in [2.24, 2.45) is 0 Å². The number of aliphatic hydroxyl groups excluding tert-OH is 1. The van der Waals surface area contributed by atoms with Gasteiger partial charge in [-0.2, -0.15) is 16.4 Å². The second-order valence-corrected chi connectivity index (χ2v) is 5.16. The van der Waals surface area contributed by atoms with Crippen molar-refractivity contribution in [1.82, 2.24) is 9.78 Å². The molecule has 0 saturated carbocycles. The van der Waals surface area contributed by atoms with Crippen LogP contribution in [0.3, 0.4) is 0 Å². The van der Waals surface area contributed by atoms with Crippen LogP contribution in [-0.4, -0.2) is 14.9 Å². The molecule has 3 nitrogen and oxygen atoms in total. The minimum Gasteiger partial charge on any atom is -0.382 e. The van der Waals surface area contributed by atoms with Crippen LogP contribution in [0.25, 0.3) is 0 Å². The van der Waals surface area contributed by atoms with Crippen LogP contribution in [0, 0.1) is 6.92 Å². The lowest BCUT2D eigenvalue weighted by Gasteiger charge is -2.13. The summed E-state index contributed by atoms with van der Waals surface area (Å²) < 4.78 is 1.78. The third-order valence-electron chi connectivity index (χ3n) is 2.72. The minimum absolute atomic E-state index is 0.525. The summed E-state index contributed by atoms with van der Waals surface area (Å²) in [4.78, 5) is 0. The molecule has 2 rings (SSSR count). The Morgan fingerprint density at radius 1 is 1.53 bits per heavy atom. The molecule has 2 aromatic heterocycles. The molecule has 0 amide bonds. The van der Waals surface area contributed by atoms with Gasteiger partial charge in [0.25, 0.3) is 0 Å². The number of halogens is 1. The molecule has 2 aromatic rings. The highest BCUT2D eigenvalue weighted by Crippen LogP contribution is 2.31. The standard InChI is InChI=1S/C12H15ClN2OS/c1-3-4-15-11(10(13)5-14-15)12(16)9-7-17-6-8(9)2/h5-7,12,16H,3-4H2,1-2H3. The van der Waals surface area contributed by atoms with E-state index in [1.165, 1.54) is 0 Å². The molecule has 5 heteroatoms. The van der Waals surface area contributed by atoms with Gasteiger partial charge in [-0.25, -0.2) is 0 Å². The van der Waals surface area contributed by atoms with E-state index < -0.39 is 6.10 Å². The zero-order valence-electron chi connectivity index (χ0n) is 9.85. The molecule has 0 spiro atoms. The third kappa shape index (κ3) is 2.39. The van der Waals surface area contributed by atoms with E-state index in [1.54, 1.807) is 22.2 Å². The summed E-state index contributed by atoms with van der Waals surface area (Å²) in [6.45, 7) is 4.83.